The number of carbonyl (C=O) groups is 1. The molecule has 108 valence electrons. The number of aliphatic hydroxyl groups is 1. The third-order valence-electron chi connectivity index (χ3n) is 2.66. The first-order chi connectivity index (χ1) is 9.49. The van der Waals surface area contributed by atoms with Gasteiger partial charge in [0.05, 0.1) is 6.10 Å². The Hall–Kier alpha value is -1.77. The second-order valence-electron chi connectivity index (χ2n) is 4.66. The lowest BCUT2D eigenvalue weighted by atomic mass is 10.3. The first-order valence-corrected chi connectivity index (χ1v) is 6.93. The van der Waals surface area contributed by atoms with Crippen LogP contribution in [0.2, 0.25) is 0 Å². The molecule has 2 heterocycles. The minimum atomic E-state index is -0.686. The fourth-order valence-electron chi connectivity index (χ4n) is 1.77. The number of rotatable bonds is 5. The highest BCUT2D eigenvalue weighted by atomic mass is 32.1. The van der Waals surface area contributed by atoms with Crippen molar-refractivity contribution in [3.8, 4) is 0 Å². The molecular formula is C12H16N4O3S. The molecule has 0 saturated carbocycles. The lowest BCUT2D eigenvalue weighted by Crippen LogP contribution is -2.39. The zero-order chi connectivity index (χ0) is 14.7. The number of aliphatic hydroxyl groups excluding tert-OH is 1. The van der Waals surface area contributed by atoms with Crippen LogP contribution in [0, 0.1) is 0 Å². The number of thiazole rings is 1. The number of likely N-dealkylation sites (N-methyl/N-ethyl adjacent to an activating group) is 1. The van der Waals surface area contributed by atoms with Crippen molar-refractivity contribution >= 4 is 22.2 Å². The predicted molar refractivity (Wildman–Crippen MR) is 76.2 cm³/mol. The number of hydrogen-bond acceptors (Lipinski definition) is 6. The van der Waals surface area contributed by atoms with E-state index in [1.165, 1.54) is 21.9 Å². The van der Waals surface area contributed by atoms with Crippen LogP contribution in [0.15, 0.2) is 22.6 Å². The summed E-state index contributed by atoms with van der Waals surface area (Å²) in [6, 6.07) is 0. The Morgan fingerprint density at radius 2 is 2.35 bits per heavy atom. The van der Waals surface area contributed by atoms with E-state index in [4.69, 9.17) is 0 Å². The summed E-state index contributed by atoms with van der Waals surface area (Å²) in [5, 5.41) is 13.9. The van der Waals surface area contributed by atoms with Crippen LogP contribution >= 0.6 is 11.3 Å². The maximum absolute atomic E-state index is 12.1. The van der Waals surface area contributed by atoms with Crippen molar-refractivity contribution in [2.24, 2.45) is 0 Å². The predicted octanol–water partition coefficient (Wildman–Crippen LogP) is -0.592. The zero-order valence-electron chi connectivity index (χ0n) is 11.2. The van der Waals surface area contributed by atoms with Gasteiger partial charge in [-0.2, -0.15) is 0 Å². The SMILES string of the molecule is CN(C)CC(O)CNC(=O)c1cnc2sccn2c1=O. The van der Waals surface area contributed by atoms with E-state index < -0.39 is 17.6 Å². The molecule has 1 amide bonds. The van der Waals surface area contributed by atoms with Gasteiger partial charge in [0.15, 0.2) is 4.96 Å². The molecule has 0 spiro atoms. The largest absolute Gasteiger partial charge is 0.390 e. The molecule has 7 nitrogen and oxygen atoms in total. The van der Waals surface area contributed by atoms with E-state index >= 15 is 0 Å². The van der Waals surface area contributed by atoms with Gasteiger partial charge < -0.3 is 15.3 Å². The summed E-state index contributed by atoms with van der Waals surface area (Å²) in [6.07, 6.45) is 2.16. The zero-order valence-corrected chi connectivity index (χ0v) is 12.1. The number of aromatic nitrogens is 2. The molecule has 0 bridgehead atoms. The van der Waals surface area contributed by atoms with E-state index in [9.17, 15) is 14.7 Å². The fraction of sp³-hybridized carbons (Fsp3) is 0.417. The van der Waals surface area contributed by atoms with Gasteiger partial charge >= 0.3 is 0 Å². The number of nitrogens with zero attached hydrogens (tertiary/aromatic N) is 3. The van der Waals surface area contributed by atoms with Crippen molar-refractivity contribution in [3.05, 3.63) is 33.7 Å². The van der Waals surface area contributed by atoms with E-state index in [0.717, 1.165) is 0 Å². The molecular weight excluding hydrogens is 280 g/mol. The van der Waals surface area contributed by atoms with Gasteiger partial charge in [-0.15, -0.1) is 11.3 Å². The van der Waals surface area contributed by atoms with E-state index in [1.54, 1.807) is 11.6 Å². The van der Waals surface area contributed by atoms with Crippen LogP contribution < -0.4 is 10.9 Å². The molecule has 2 N–H and O–H groups in total. The molecule has 0 aliphatic carbocycles. The van der Waals surface area contributed by atoms with Gasteiger partial charge in [0, 0.05) is 30.9 Å². The van der Waals surface area contributed by atoms with Crippen LogP contribution in [0.3, 0.4) is 0 Å². The van der Waals surface area contributed by atoms with E-state index in [-0.39, 0.29) is 12.1 Å². The summed E-state index contributed by atoms with van der Waals surface area (Å²) < 4.78 is 1.33. The molecule has 1 unspecified atom stereocenters. The summed E-state index contributed by atoms with van der Waals surface area (Å²) in [6.45, 7) is 0.518. The quantitative estimate of drug-likeness (QED) is 0.770. The number of fused-ring (bicyclic) bond motifs is 1. The van der Waals surface area contributed by atoms with Gasteiger partial charge in [-0.3, -0.25) is 14.0 Å². The third-order valence-corrected chi connectivity index (χ3v) is 3.43. The Bertz CT molecular complexity index is 664. The fourth-order valence-corrected chi connectivity index (χ4v) is 2.45. The molecule has 2 aromatic rings. The van der Waals surface area contributed by atoms with Crippen LogP contribution in [0.25, 0.3) is 4.96 Å². The van der Waals surface area contributed by atoms with Crippen molar-refractivity contribution in [1.82, 2.24) is 19.6 Å². The third kappa shape index (κ3) is 3.21. The summed E-state index contributed by atoms with van der Waals surface area (Å²) in [7, 11) is 3.65. The van der Waals surface area contributed by atoms with Crippen molar-refractivity contribution in [3.63, 3.8) is 0 Å². The molecule has 20 heavy (non-hydrogen) atoms. The van der Waals surface area contributed by atoms with Gasteiger partial charge in [-0.25, -0.2) is 4.98 Å². The lowest BCUT2D eigenvalue weighted by Gasteiger charge is -2.16. The average Bonchev–Trinajstić information content (AvgIpc) is 2.85. The maximum atomic E-state index is 12.1. The monoisotopic (exact) mass is 296 g/mol. The van der Waals surface area contributed by atoms with Crippen LogP contribution in [-0.4, -0.2) is 58.6 Å². The summed E-state index contributed by atoms with van der Waals surface area (Å²) in [5.74, 6) is -0.527. The Balaban J connectivity index is 2.08. The Morgan fingerprint density at radius 1 is 1.60 bits per heavy atom. The number of hydrogen-bond donors (Lipinski definition) is 2. The smallest absolute Gasteiger partial charge is 0.271 e. The minimum Gasteiger partial charge on any atom is -0.390 e. The number of nitrogens with one attached hydrogen (secondary N) is 1. The summed E-state index contributed by atoms with van der Waals surface area (Å²) in [4.78, 5) is 30.4. The van der Waals surface area contributed by atoms with Crippen LogP contribution in [0.5, 0.6) is 0 Å². The molecule has 0 aliphatic heterocycles. The van der Waals surface area contributed by atoms with Crippen molar-refractivity contribution in [1.29, 1.82) is 0 Å². The number of amides is 1. The highest BCUT2D eigenvalue weighted by molar-refractivity contribution is 7.15. The standard InChI is InChI=1S/C12H16N4O3S/c1-15(2)7-8(17)5-13-10(18)9-6-14-12-16(11(9)19)3-4-20-12/h3-4,6,8,17H,5,7H2,1-2H3,(H,13,18). The van der Waals surface area contributed by atoms with E-state index in [2.05, 4.69) is 10.3 Å². The molecule has 0 aromatic carbocycles. The van der Waals surface area contributed by atoms with E-state index in [0.29, 0.717) is 11.5 Å². The Morgan fingerprint density at radius 3 is 3.05 bits per heavy atom. The van der Waals surface area contributed by atoms with E-state index in [1.807, 2.05) is 19.0 Å². The van der Waals surface area contributed by atoms with Gasteiger partial charge in [-0.05, 0) is 14.1 Å². The van der Waals surface area contributed by atoms with Gasteiger partial charge in [-0.1, -0.05) is 0 Å². The molecule has 0 aliphatic rings. The number of carbonyl (C=O) groups excluding carboxylic acids is 1. The first kappa shape index (κ1) is 14.6. The van der Waals surface area contributed by atoms with Gasteiger partial charge in [0.1, 0.15) is 5.56 Å². The Kier molecular flexibility index (Phi) is 4.48. The highest BCUT2D eigenvalue weighted by Gasteiger charge is 2.15. The van der Waals surface area contributed by atoms with Gasteiger partial charge in [0.25, 0.3) is 11.5 Å². The minimum absolute atomic E-state index is 0.0297. The second kappa shape index (κ2) is 6.12. The van der Waals surface area contributed by atoms with Crippen molar-refractivity contribution in [2.75, 3.05) is 27.2 Å². The first-order valence-electron chi connectivity index (χ1n) is 6.05. The molecule has 0 fully saturated rings. The second-order valence-corrected chi connectivity index (χ2v) is 5.53. The average molecular weight is 296 g/mol. The molecule has 0 radical (unpaired) electrons. The molecule has 8 heteroatoms. The highest BCUT2D eigenvalue weighted by Crippen LogP contribution is 2.05. The lowest BCUT2D eigenvalue weighted by molar-refractivity contribution is 0.0890. The molecule has 0 saturated heterocycles. The van der Waals surface area contributed by atoms with Crippen LogP contribution in [0.4, 0.5) is 0 Å². The normalized spacial score (nSPS) is 12.8. The van der Waals surface area contributed by atoms with Crippen molar-refractivity contribution in [2.45, 2.75) is 6.10 Å². The Labute approximate surface area is 119 Å². The molecule has 1 atom stereocenters. The van der Waals surface area contributed by atoms with Crippen molar-refractivity contribution < 1.29 is 9.90 Å². The summed E-state index contributed by atoms with van der Waals surface area (Å²) in [5.41, 5.74) is -0.436. The molecule has 2 aromatic heterocycles. The molecule has 2 rings (SSSR count). The maximum Gasteiger partial charge on any atom is 0.271 e. The van der Waals surface area contributed by atoms with Gasteiger partial charge in [0.2, 0.25) is 0 Å². The summed E-state index contributed by atoms with van der Waals surface area (Å²) >= 11 is 1.32. The topological polar surface area (TPSA) is 86.9 Å². The van der Waals surface area contributed by atoms with Crippen LogP contribution in [-0.2, 0) is 0 Å². The van der Waals surface area contributed by atoms with Crippen LogP contribution in [0.1, 0.15) is 10.4 Å².